The summed E-state index contributed by atoms with van der Waals surface area (Å²) in [6.45, 7) is 2.26. The molecular formula is C18H17F3N2O. The third-order valence-electron chi connectivity index (χ3n) is 4.05. The van der Waals surface area contributed by atoms with Gasteiger partial charge < -0.3 is 10.2 Å². The van der Waals surface area contributed by atoms with E-state index in [9.17, 15) is 18.0 Å². The van der Waals surface area contributed by atoms with Crippen molar-refractivity contribution in [3.05, 3.63) is 65.2 Å². The average molecular weight is 334 g/mol. The molecule has 1 N–H and O–H groups in total. The van der Waals surface area contributed by atoms with E-state index in [1.54, 1.807) is 30.3 Å². The molecule has 1 unspecified atom stereocenters. The molecule has 1 atom stereocenters. The number of rotatable bonds is 3. The van der Waals surface area contributed by atoms with Crippen LogP contribution in [-0.2, 0) is 6.18 Å². The van der Waals surface area contributed by atoms with Crippen molar-refractivity contribution in [2.24, 2.45) is 0 Å². The van der Waals surface area contributed by atoms with E-state index < -0.39 is 17.9 Å². The maximum Gasteiger partial charge on any atom is 0.416 e. The van der Waals surface area contributed by atoms with E-state index in [-0.39, 0.29) is 11.5 Å². The lowest BCUT2D eigenvalue weighted by molar-refractivity contribution is -0.138. The molecular weight excluding hydrogens is 317 g/mol. The molecule has 0 radical (unpaired) electrons. The number of hydrogen-bond donors (Lipinski definition) is 1. The van der Waals surface area contributed by atoms with Crippen molar-refractivity contribution in [3.63, 3.8) is 0 Å². The molecule has 2 aromatic carbocycles. The lowest BCUT2D eigenvalue weighted by Gasteiger charge is -2.39. The zero-order chi connectivity index (χ0) is 17.3. The Morgan fingerprint density at radius 1 is 1.08 bits per heavy atom. The van der Waals surface area contributed by atoms with Crippen LogP contribution < -0.4 is 5.32 Å². The van der Waals surface area contributed by atoms with Gasteiger partial charge in [0.1, 0.15) is 6.17 Å². The number of amides is 1. The van der Waals surface area contributed by atoms with Crippen molar-refractivity contribution in [1.82, 2.24) is 4.90 Å². The van der Waals surface area contributed by atoms with E-state index in [0.717, 1.165) is 6.07 Å². The summed E-state index contributed by atoms with van der Waals surface area (Å²) in [5.41, 5.74) is 0.362. The van der Waals surface area contributed by atoms with Gasteiger partial charge in [-0.2, -0.15) is 13.2 Å². The summed E-state index contributed by atoms with van der Waals surface area (Å²) in [6.07, 6.45) is -4.67. The van der Waals surface area contributed by atoms with Gasteiger partial charge in [0.2, 0.25) is 0 Å². The van der Waals surface area contributed by atoms with Gasteiger partial charge in [-0.1, -0.05) is 37.3 Å². The number of fused-ring (bicyclic) bond motifs is 1. The van der Waals surface area contributed by atoms with Crippen LogP contribution in [0.1, 0.15) is 41.0 Å². The Kier molecular flexibility index (Phi) is 4.22. The van der Waals surface area contributed by atoms with Crippen molar-refractivity contribution in [1.29, 1.82) is 0 Å². The summed E-state index contributed by atoms with van der Waals surface area (Å²) in [6, 6.07) is 12.3. The number of halogens is 3. The third-order valence-corrected chi connectivity index (χ3v) is 4.05. The largest absolute Gasteiger partial charge is 0.416 e. The molecule has 0 saturated heterocycles. The van der Waals surface area contributed by atoms with E-state index in [4.69, 9.17) is 0 Å². The number of benzene rings is 2. The zero-order valence-corrected chi connectivity index (χ0v) is 13.1. The Labute approximate surface area is 138 Å². The summed E-state index contributed by atoms with van der Waals surface area (Å²) >= 11 is 0. The Bertz CT molecular complexity index is 758. The summed E-state index contributed by atoms with van der Waals surface area (Å²) in [7, 11) is 0. The predicted octanol–water partition coefficient (Wildman–Crippen LogP) is 4.68. The van der Waals surface area contributed by atoms with Crippen LogP contribution in [0, 0.1) is 0 Å². The minimum absolute atomic E-state index is 0.0568. The molecule has 0 saturated carbocycles. The SMILES string of the molecule is CCCN1C(=O)c2ccccc2NC1c1ccccc1C(F)(F)F. The van der Waals surface area contributed by atoms with Gasteiger partial charge in [-0.15, -0.1) is 0 Å². The van der Waals surface area contributed by atoms with E-state index in [1.807, 2.05) is 6.92 Å². The fourth-order valence-corrected chi connectivity index (χ4v) is 3.00. The molecule has 0 aliphatic carbocycles. The van der Waals surface area contributed by atoms with Gasteiger partial charge in [0, 0.05) is 17.8 Å². The fraction of sp³-hybridized carbons (Fsp3) is 0.278. The smallest absolute Gasteiger partial charge is 0.361 e. The normalized spacial score (nSPS) is 17.4. The Morgan fingerprint density at radius 2 is 1.75 bits per heavy atom. The third kappa shape index (κ3) is 2.84. The van der Waals surface area contributed by atoms with Gasteiger partial charge in [-0.05, 0) is 24.6 Å². The molecule has 6 heteroatoms. The lowest BCUT2D eigenvalue weighted by atomic mass is 9.99. The van der Waals surface area contributed by atoms with Crippen LogP contribution in [0.5, 0.6) is 0 Å². The van der Waals surface area contributed by atoms with Crippen molar-refractivity contribution >= 4 is 11.6 Å². The van der Waals surface area contributed by atoms with Crippen LogP contribution in [0.4, 0.5) is 18.9 Å². The minimum Gasteiger partial charge on any atom is -0.361 e. The summed E-state index contributed by atoms with van der Waals surface area (Å²) in [5, 5.41) is 3.10. The van der Waals surface area contributed by atoms with Gasteiger partial charge in [0.25, 0.3) is 5.91 Å². The first-order valence-corrected chi connectivity index (χ1v) is 7.76. The molecule has 1 aliphatic rings. The van der Waals surface area contributed by atoms with Gasteiger partial charge in [-0.3, -0.25) is 4.79 Å². The van der Waals surface area contributed by atoms with Gasteiger partial charge in [-0.25, -0.2) is 0 Å². The number of carbonyl (C=O) groups excluding carboxylic acids is 1. The topological polar surface area (TPSA) is 32.3 Å². The highest BCUT2D eigenvalue weighted by atomic mass is 19.4. The van der Waals surface area contributed by atoms with Crippen LogP contribution in [0.2, 0.25) is 0 Å². The molecule has 0 bridgehead atoms. The molecule has 24 heavy (non-hydrogen) atoms. The molecule has 3 nitrogen and oxygen atoms in total. The molecule has 126 valence electrons. The van der Waals surface area contributed by atoms with Crippen molar-refractivity contribution in [2.75, 3.05) is 11.9 Å². The molecule has 0 spiro atoms. The number of nitrogens with one attached hydrogen (secondary N) is 1. The quantitative estimate of drug-likeness (QED) is 0.884. The first-order valence-electron chi connectivity index (χ1n) is 7.76. The molecule has 2 aromatic rings. The van der Waals surface area contributed by atoms with Crippen LogP contribution >= 0.6 is 0 Å². The van der Waals surface area contributed by atoms with Crippen LogP contribution in [0.15, 0.2) is 48.5 Å². The first-order chi connectivity index (χ1) is 11.4. The number of alkyl halides is 3. The van der Waals surface area contributed by atoms with Crippen molar-refractivity contribution in [2.45, 2.75) is 25.7 Å². The summed E-state index contributed by atoms with van der Waals surface area (Å²) in [4.78, 5) is 14.2. The van der Waals surface area contributed by atoms with E-state index in [2.05, 4.69) is 5.32 Å². The number of nitrogens with zero attached hydrogens (tertiary/aromatic N) is 1. The van der Waals surface area contributed by atoms with E-state index >= 15 is 0 Å². The first kappa shape index (κ1) is 16.4. The second-order valence-corrected chi connectivity index (χ2v) is 5.68. The summed E-state index contributed by atoms with van der Waals surface area (Å²) in [5.74, 6) is -0.256. The Morgan fingerprint density at radius 3 is 2.46 bits per heavy atom. The molecule has 3 rings (SSSR count). The molecule has 0 aromatic heterocycles. The van der Waals surface area contributed by atoms with Crippen LogP contribution in [-0.4, -0.2) is 17.4 Å². The molecule has 0 fully saturated rings. The molecule has 1 heterocycles. The second kappa shape index (κ2) is 6.19. The van der Waals surface area contributed by atoms with Gasteiger partial charge >= 0.3 is 6.18 Å². The number of para-hydroxylation sites is 1. The number of carbonyl (C=O) groups is 1. The highest BCUT2D eigenvalue weighted by molar-refractivity contribution is 6.01. The van der Waals surface area contributed by atoms with E-state index in [1.165, 1.54) is 17.0 Å². The van der Waals surface area contributed by atoms with Crippen molar-refractivity contribution in [3.8, 4) is 0 Å². The highest BCUT2D eigenvalue weighted by Crippen LogP contribution is 2.39. The fourth-order valence-electron chi connectivity index (χ4n) is 3.00. The number of hydrogen-bond acceptors (Lipinski definition) is 2. The standard InChI is InChI=1S/C18H17F3N2O/c1-2-11-23-16(12-7-3-5-9-14(12)18(19,20)21)22-15-10-6-4-8-13(15)17(23)24/h3-10,16,22H,2,11H2,1H3. The van der Waals surface area contributed by atoms with Crippen molar-refractivity contribution < 1.29 is 18.0 Å². The maximum absolute atomic E-state index is 13.4. The van der Waals surface area contributed by atoms with Gasteiger partial charge in [0.05, 0.1) is 11.1 Å². The highest BCUT2D eigenvalue weighted by Gasteiger charge is 2.39. The minimum atomic E-state index is -4.48. The van der Waals surface area contributed by atoms with E-state index in [0.29, 0.717) is 24.2 Å². The summed E-state index contributed by atoms with van der Waals surface area (Å²) < 4.78 is 40.1. The predicted molar refractivity (Wildman–Crippen MR) is 85.6 cm³/mol. The van der Waals surface area contributed by atoms with Gasteiger partial charge in [0.15, 0.2) is 0 Å². The van der Waals surface area contributed by atoms with Crippen LogP contribution in [0.3, 0.4) is 0 Å². The Hall–Kier alpha value is -2.50. The average Bonchev–Trinajstić information content (AvgIpc) is 2.56. The number of anilines is 1. The Balaban J connectivity index is 2.12. The molecule has 1 aliphatic heterocycles. The molecule has 1 amide bonds. The monoisotopic (exact) mass is 334 g/mol. The zero-order valence-electron chi connectivity index (χ0n) is 13.1. The maximum atomic E-state index is 13.4. The van der Waals surface area contributed by atoms with Crippen LogP contribution in [0.25, 0.3) is 0 Å². The lowest BCUT2D eigenvalue weighted by Crippen LogP contribution is -2.44. The second-order valence-electron chi connectivity index (χ2n) is 5.68.